The van der Waals surface area contributed by atoms with Gasteiger partial charge in [-0.15, -0.1) is 0 Å². The Balaban J connectivity index is 2.61. The van der Waals surface area contributed by atoms with E-state index in [0.29, 0.717) is 11.2 Å². The van der Waals surface area contributed by atoms with Crippen LogP contribution in [0.3, 0.4) is 0 Å². The van der Waals surface area contributed by atoms with Crippen molar-refractivity contribution in [1.82, 2.24) is 0 Å². The zero-order valence-electron chi connectivity index (χ0n) is 7.35. The highest BCUT2D eigenvalue weighted by molar-refractivity contribution is 6.12. The highest BCUT2D eigenvalue weighted by Crippen LogP contribution is 2.58. The molecule has 2 unspecified atom stereocenters. The lowest BCUT2D eigenvalue weighted by Gasteiger charge is -2.54. The molecule has 1 heteroatoms. The first-order valence-corrected chi connectivity index (χ1v) is 4.43. The lowest BCUT2D eigenvalue weighted by molar-refractivity contribution is 0.0367. The Morgan fingerprint density at radius 1 is 1.40 bits per heavy atom. The average Bonchev–Trinajstić information content (AvgIpc) is 1.91. The van der Waals surface area contributed by atoms with Crippen LogP contribution in [0.1, 0.15) is 40.0 Å². The van der Waals surface area contributed by atoms with Gasteiger partial charge >= 0.3 is 0 Å². The molecule has 0 saturated heterocycles. The fourth-order valence-electron chi connectivity index (χ4n) is 2.53. The van der Waals surface area contributed by atoms with Crippen molar-refractivity contribution in [2.24, 2.45) is 11.3 Å². The summed E-state index contributed by atoms with van der Waals surface area (Å²) in [5, 5.41) is 0. The number of hydrogen-bond acceptors (Lipinski definition) is 0. The first kappa shape index (κ1) is 8.16. The smallest absolute Gasteiger partial charge is 0.0707 e. The minimum absolute atomic E-state index is 0.484. The third kappa shape index (κ3) is 0.827. The molecule has 0 heterocycles. The largest absolute Gasteiger partial charge is 0.0713 e. The van der Waals surface area contributed by atoms with Crippen molar-refractivity contribution in [1.29, 1.82) is 0 Å². The molecular weight excluding hydrogens is 119 g/mol. The van der Waals surface area contributed by atoms with Gasteiger partial charge in [0.2, 0.25) is 0 Å². The molecule has 0 spiro atoms. The van der Waals surface area contributed by atoms with E-state index in [1.165, 1.54) is 19.3 Å². The Morgan fingerprint density at radius 3 is 2.00 bits per heavy atom. The maximum atomic E-state index is 5.97. The van der Waals surface area contributed by atoms with Crippen molar-refractivity contribution in [3.05, 3.63) is 0 Å². The van der Waals surface area contributed by atoms with Gasteiger partial charge in [-0.3, -0.25) is 0 Å². The minimum atomic E-state index is 0.484. The Bertz CT molecular complexity index is 106. The summed E-state index contributed by atoms with van der Waals surface area (Å²) >= 11 is 0. The molecule has 0 aromatic rings. The molecular formula is C9H17B. The van der Waals surface area contributed by atoms with Crippen LogP contribution in [0.5, 0.6) is 0 Å². The van der Waals surface area contributed by atoms with Crippen LogP contribution in [0.25, 0.3) is 0 Å². The predicted octanol–water partition coefficient (Wildman–Crippen LogP) is 2.79. The fraction of sp³-hybridized carbons (Fsp3) is 1.00. The molecule has 1 aliphatic carbocycles. The van der Waals surface area contributed by atoms with Crippen LogP contribution in [0.2, 0.25) is 5.82 Å². The SMILES string of the molecule is [B]C1CC(C)C1(CC)CC. The topological polar surface area (TPSA) is 0 Å². The molecule has 0 aromatic carbocycles. The molecule has 0 amide bonds. The van der Waals surface area contributed by atoms with E-state index in [1.807, 2.05) is 0 Å². The molecule has 56 valence electrons. The van der Waals surface area contributed by atoms with Crippen LogP contribution in [0, 0.1) is 11.3 Å². The first-order valence-electron chi connectivity index (χ1n) is 4.43. The molecule has 1 fully saturated rings. The average molecular weight is 136 g/mol. The zero-order valence-corrected chi connectivity index (χ0v) is 7.35. The van der Waals surface area contributed by atoms with Crippen molar-refractivity contribution in [3.63, 3.8) is 0 Å². The Kier molecular flexibility index (Phi) is 2.12. The van der Waals surface area contributed by atoms with E-state index in [2.05, 4.69) is 20.8 Å². The monoisotopic (exact) mass is 136 g/mol. The van der Waals surface area contributed by atoms with Gasteiger partial charge < -0.3 is 0 Å². The molecule has 1 rings (SSSR count). The lowest BCUT2D eigenvalue weighted by atomic mass is 9.45. The summed E-state index contributed by atoms with van der Waals surface area (Å²) in [6.45, 7) is 6.86. The number of hydrogen-bond donors (Lipinski definition) is 0. The van der Waals surface area contributed by atoms with E-state index >= 15 is 0 Å². The van der Waals surface area contributed by atoms with Gasteiger partial charge in [-0.2, -0.15) is 0 Å². The summed E-state index contributed by atoms with van der Waals surface area (Å²) in [5.41, 5.74) is 0.500. The maximum Gasteiger partial charge on any atom is 0.0707 e. The van der Waals surface area contributed by atoms with E-state index in [4.69, 9.17) is 7.85 Å². The Hall–Kier alpha value is 0.0649. The van der Waals surface area contributed by atoms with E-state index in [-0.39, 0.29) is 0 Å². The van der Waals surface area contributed by atoms with Gasteiger partial charge in [0.15, 0.2) is 0 Å². The normalized spacial score (nSPS) is 37.1. The van der Waals surface area contributed by atoms with Gasteiger partial charge in [0.25, 0.3) is 0 Å². The summed E-state index contributed by atoms with van der Waals surface area (Å²) in [5.74, 6) is 1.34. The highest BCUT2D eigenvalue weighted by atomic mass is 14.5. The Morgan fingerprint density at radius 2 is 1.90 bits per heavy atom. The van der Waals surface area contributed by atoms with Crippen LogP contribution in [0.4, 0.5) is 0 Å². The zero-order chi connectivity index (χ0) is 7.78. The lowest BCUT2D eigenvalue weighted by Crippen LogP contribution is -2.43. The van der Waals surface area contributed by atoms with Crippen LogP contribution < -0.4 is 0 Å². The van der Waals surface area contributed by atoms with Crippen molar-refractivity contribution >= 4 is 7.85 Å². The van der Waals surface area contributed by atoms with Crippen molar-refractivity contribution < 1.29 is 0 Å². The molecule has 0 aliphatic heterocycles. The van der Waals surface area contributed by atoms with E-state index < -0.39 is 0 Å². The van der Waals surface area contributed by atoms with Gasteiger partial charge in [0.1, 0.15) is 0 Å². The first-order chi connectivity index (χ1) is 4.67. The molecule has 2 radical (unpaired) electrons. The van der Waals surface area contributed by atoms with Crippen molar-refractivity contribution in [2.75, 3.05) is 0 Å². The molecule has 0 aromatic heterocycles. The maximum absolute atomic E-state index is 5.97. The van der Waals surface area contributed by atoms with Gasteiger partial charge in [0, 0.05) is 0 Å². The summed E-state index contributed by atoms with van der Waals surface area (Å²) in [6, 6.07) is 0. The van der Waals surface area contributed by atoms with E-state index in [0.717, 1.165) is 5.92 Å². The molecule has 2 atom stereocenters. The highest BCUT2D eigenvalue weighted by Gasteiger charge is 2.46. The molecule has 10 heavy (non-hydrogen) atoms. The molecule has 1 aliphatic rings. The van der Waals surface area contributed by atoms with Gasteiger partial charge in [0.05, 0.1) is 7.85 Å². The summed E-state index contributed by atoms with van der Waals surface area (Å²) in [7, 11) is 5.97. The number of rotatable bonds is 2. The standard InChI is InChI=1S/C9H17B/c1-4-9(5-2)7(3)6-8(9)10/h7-8H,4-6H2,1-3H3. The summed E-state index contributed by atoms with van der Waals surface area (Å²) in [4.78, 5) is 0. The molecule has 0 bridgehead atoms. The van der Waals surface area contributed by atoms with Crippen LogP contribution in [-0.2, 0) is 0 Å². The molecule has 1 saturated carbocycles. The molecule has 0 nitrogen and oxygen atoms in total. The third-order valence-corrected chi connectivity index (χ3v) is 3.64. The predicted molar refractivity (Wildman–Crippen MR) is 46.3 cm³/mol. The van der Waals surface area contributed by atoms with Crippen molar-refractivity contribution in [3.8, 4) is 0 Å². The van der Waals surface area contributed by atoms with E-state index in [9.17, 15) is 0 Å². The Labute approximate surface area is 65.8 Å². The van der Waals surface area contributed by atoms with Gasteiger partial charge in [-0.25, -0.2) is 0 Å². The van der Waals surface area contributed by atoms with Crippen LogP contribution in [-0.4, -0.2) is 7.85 Å². The second-order valence-corrected chi connectivity index (χ2v) is 3.68. The molecule has 0 N–H and O–H groups in total. The van der Waals surface area contributed by atoms with Crippen LogP contribution in [0.15, 0.2) is 0 Å². The second-order valence-electron chi connectivity index (χ2n) is 3.68. The quantitative estimate of drug-likeness (QED) is 0.512. The minimum Gasteiger partial charge on any atom is -0.0713 e. The summed E-state index contributed by atoms with van der Waals surface area (Å²) in [6.07, 6.45) is 3.75. The fourth-order valence-corrected chi connectivity index (χ4v) is 2.53. The van der Waals surface area contributed by atoms with Gasteiger partial charge in [-0.1, -0.05) is 45.9 Å². The van der Waals surface area contributed by atoms with E-state index in [1.54, 1.807) is 0 Å². The summed E-state index contributed by atoms with van der Waals surface area (Å²) < 4.78 is 0. The van der Waals surface area contributed by atoms with Gasteiger partial charge in [-0.05, 0) is 11.3 Å². The van der Waals surface area contributed by atoms with Crippen LogP contribution >= 0.6 is 0 Å². The van der Waals surface area contributed by atoms with Crippen molar-refractivity contribution in [2.45, 2.75) is 45.9 Å². The third-order valence-electron chi connectivity index (χ3n) is 3.64. The second kappa shape index (κ2) is 2.60.